The summed E-state index contributed by atoms with van der Waals surface area (Å²) in [5.41, 5.74) is 0.265. The quantitative estimate of drug-likeness (QED) is 0.657. The lowest BCUT2D eigenvalue weighted by Crippen LogP contribution is -2.34. The topological polar surface area (TPSA) is 105 Å². The predicted octanol–water partition coefficient (Wildman–Crippen LogP) is -0.0365. The number of rotatable bonds is 7. The van der Waals surface area contributed by atoms with E-state index in [-0.39, 0.29) is 48.3 Å². The Balaban J connectivity index is 2.11. The number of hydrogen-bond donors (Lipinski definition) is 2. The summed E-state index contributed by atoms with van der Waals surface area (Å²) in [6, 6.07) is 5.89. The molecule has 2 amide bonds. The molecule has 0 saturated carbocycles. The van der Waals surface area contributed by atoms with Crippen molar-refractivity contribution in [2.75, 3.05) is 39.4 Å². The number of benzene rings is 1. The van der Waals surface area contributed by atoms with Gasteiger partial charge >= 0.3 is 0 Å². The third-order valence-electron chi connectivity index (χ3n) is 3.74. The van der Waals surface area contributed by atoms with Gasteiger partial charge in [-0.1, -0.05) is 6.07 Å². The van der Waals surface area contributed by atoms with Crippen molar-refractivity contribution >= 4 is 21.8 Å². The zero-order chi connectivity index (χ0) is 18.3. The first-order valence-electron chi connectivity index (χ1n) is 8.18. The smallest absolute Gasteiger partial charge is 0.251 e. The summed E-state index contributed by atoms with van der Waals surface area (Å²) in [4.78, 5) is 23.6. The lowest BCUT2D eigenvalue weighted by Gasteiger charge is -2.19. The Kier molecular flexibility index (Phi) is 6.91. The van der Waals surface area contributed by atoms with Crippen LogP contribution in [0.1, 0.15) is 23.7 Å². The summed E-state index contributed by atoms with van der Waals surface area (Å²) in [5, 5.41) is 5.32. The summed E-state index contributed by atoms with van der Waals surface area (Å²) in [6.07, 6.45) is 0.122. The van der Waals surface area contributed by atoms with Crippen molar-refractivity contribution in [3.05, 3.63) is 29.8 Å². The molecule has 8 nitrogen and oxygen atoms in total. The van der Waals surface area contributed by atoms with E-state index < -0.39 is 10.0 Å². The van der Waals surface area contributed by atoms with E-state index in [1.807, 2.05) is 6.92 Å². The molecular weight excluding hydrogens is 346 g/mol. The molecule has 2 N–H and O–H groups in total. The second kappa shape index (κ2) is 8.93. The van der Waals surface area contributed by atoms with E-state index >= 15 is 0 Å². The highest BCUT2D eigenvalue weighted by Crippen LogP contribution is 2.18. The van der Waals surface area contributed by atoms with Crippen LogP contribution in [0.25, 0.3) is 0 Å². The first kappa shape index (κ1) is 19.4. The molecule has 9 heteroatoms. The minimum Gasteiger partial charge on any atom is -0.380 e. The second-order valence-corrected chi connectivity index (χ2v) is 7.42. The summed E-state index contributed by atoms with van der Waals surface area (Å²) >= 11 is 0. The Morgan fingerprint density at radius 2 is 2.16 bits per heavy atom. The molecule has 0 unspecified atom stereocenters. The van der Waals surface area contributed by atoms with Gasteiger partial charge in [0.05, 0.1) is 11.5 Å². The normalized spacial score (nSPS) is 16.1. The monoisotopic (exact) mass is 369 g/mol. The van der Waals surface area contributed by atoms with E-state index in [0.29, 0.717) is 19.8 Å². The Hall–Kier alpha value is -1.97. The molecule has 1 aromatic carbocycles. The van der Waals surface area contributed by atoms with Crippen molar-refractivity contribution in [1.29, 1.82) is 0 Å². The molecule has 1 aliphatic rings. The molecule has 0 radical (unpaired) electrons. The van der Waals surface area contributed by atoms with Gasteiger partial charge in [-0.15, -0.1) is 0 Å². The molecule has 1 fully saturated rings. The third-order valence-corrected chi connectivity index (χ3v) is 5.64. The van der Waals surface area contributed by atoms with Gasteiger partial charge in [-0.2, -0.15) is 4.31 Å². The van der Waals surface area contributed by atoms with Crippen LogP contribution in [0.5, 0.6) is 0 Å². The molecule has 1 aromatic rings. The van der Waals surface area contributed by atoms with Crippen LogP contribution in [-0.4, -0.2) is 63.9 Å². The first-order chi connectivity index (χ1) is 11.9. The van der Waals surface area contributed by atoms with E-state index in [1.165, 1.54) is 22.5 Å². The molecule has 1 saturated heterocycles. The van der Waals surface area contributed by atoms with Crippen molar-refractivity contribution in [3.8, 4) is 0 Å². The standard InChI is InChI=1S/C16H23N3O5S/c1-2-24-11-8-18-16(21)13-4-3-5-14(12-13)25(22,23)19-9-6-15(20)17-7-10-19/h3-5,12H,2,6-11H2,1H3,(H,17,20)(H,18,21). The summed E-state index contributed by atoms with van der Waals surface area (Å²) in [5.74, 6) is -0.524. The van der Waals surface area contributed by atoms with Crippen LogP contribution in [0.3, 0.4) is 0 Å². The number of nitrogens with zero attached hydrogens (tertiary/aromatic N) is 1. The molecule has 0 spiro atoms. The van der Waals surface area contributed by atoms with Gasteiger partial charge < -0.3 is 15.4 Å². The van der Waals surface area contributed by atoms with Crippen LogP contribution in [0.15, 0.2) is 29.2 Å². The summed E-state index contributed by atoms with van der Waals surface area (Å²) < 4.78 is 31.9. The van der Waals surface area contributed by atoms with Crippen molar-refractivity contribution in [2.45, 2.75) is 18.2 Å². The lowest BCUT2D eigenvalue weighted by molar-refractivity contribution is -0.120. The fourth-order valence-electron chi connectivity index (χ4n) is 2.42. The maximum atomic E-state index is 12.8. The fraction of sp³-hybridized carbons (Fsp3) is 0.500. The highest BCUT2D eigenvalue weighted by Gasteiger charge is 2.27. The Morgan fingerprint density at radius 1 is 1.36 bits per heavy atom. The Labute approximate surface area is 147 Å². The Bertz CT molecular complexity index is 720. The number of ether oxygens (including phenoxy) is 1. The van der Waals surface area contributed by atoms with Crippen molar-refractivity contribution < 1.29 is 22.7 Å². The molecule has 1 heterocycles. The molecule has 138 valence electrons. The van der Waals surface area contributed by atoms with Crippen molar-refractivity contribution in [3.63, 3.8) is 0 Å². The molecule has 0 aromatic heterocycles. The van der Waals surface area contributed by atoms with E-state index in [0.717, 1.165) is 0 Å². The van der Waals surface area contributed by atoms with Gasteiger partial charge in [0.25, 0.3) is 5.91 Å². The van der Waals surface area contributed by atoms with Gasteiger partial charge in [-0.25, -0.2) is 8.42 Å². The van der Waals surface area contributed by atoms with Crippen molar-refractivity contribution in [1.82, 2.24) is 14.9 Å². The van der Waals surface area contributed by atoms with Crippen LogP contribution >= 0.6 is 0 Å². The maximum Gasteiger partial charge on any atom is 0.251 e. The molecule has 1 aliphatic heterocycles. The van der Waals surface area contributed by atoms with Crippen LogP contribution in [-0.2, 0) is 19.6 Å². The highest BCUT2D eigenvalue weighted by molar-refractivity contribution is 7.89. The largest absolute Gasteiger partial charge is 0.380 e. The van der Waals surface area contributed by atoms with E-state index in [2.05, 4.69) is 10.6 Å². The SMILES string of the molecule is CCOCCNC(=O)c1cccc(S(=O)(=O)N2CCNC(=O)CC2)c1. The van der Waals surface area contributed by atoms with Crippen molar-refractivity contribution in [2.24, 2.45) is 0 Å². The summed E-state index contributed by atoms with van der Waals surface area (Å²) in [6.45, 7) is 3.78. The highest BCUT2D eigenvalue weighted by atomic mass is 32.2. The van der Waals surface area contributed by atoms with Crippen LogP contribution in [0, 0.1) is 0 Å². The van der Waals surface area contributed by atoms with Crippen LogP contribution in [0.2, 0.25) is 0 Å². The minimum absolute atomic E-state index is 0.0410. The van der Waals surface area contributed by atoms with Gasteiger partial charge in [-0.3, -0.25) is 9.59 Å². The molecule has 0 atom stereocenters. The average Bonchev–Trinajstić information content (AvgIpc) is 2.83. The van der Waals surface area contributed by atoms with Gasteiger partial charge in [0.2, 0.25) is 15.9 Å². The number of hydrogen-bond acceptors (Lipinski definition) is 5. The second-order valence-electron chi connectivity index (χ2n) is 5.48. The van der Waals surface area contributed by atoms with Gasteiger partial charge in [0, 0.05) is 44.8 Å². The summed E-state index contributed by atoms with van der Waals surface area (Å²) in [7, 11) is -3.76. The zero-order valence-corrected chi connectivity index (χ0v) is 15.0. The van der Waals surface area contributed by atoms with Gasteiger partial charge in [-0.05, 0) is 25.1 Å². The number of nitrogens with one attached hydrogen (secondary N) is 2. The number of sulfonamides is 1. The van der Waals surface area contributed by atoms with Gasteiger partial charge in [0.15, 0.2) is 0 Å². The fourth-order valence-corrected chi connectivity index (χ4v) is 3.90. The molecule has 0 aliphatic carbocycles. The van der Waals surface area contributed by atoms with Gasteiger partial charge in [0.1, 0.15) is 0 Å². The maximum absolute atomic E-state index is 12.8. The zero-order valence-electron chi connectivity index (χ0n) is 14.2. The molecule has 0 bridgehead atoms. The minimum atomic E-state index is -3.76. The van der Waals surface area contributed by atoms with E-state index in [9.17, 15) is 18.0 Å². The van der Waals surface area contributed by atoms with Crippen LogP contribution < -0.4 is 10.6 Å². The molecular formula is C16H23N3O5S. The number of carbonyl (C=O) groups excluding carboxylic acids is 2. The number of carbonyl (C=O) groups is 2. The van der Waals surface area contributed by atoms with E-state index in [4.69, 9.17) is 4.74 Å². The average molecular weight is 369 g/mol. The van der Waals surface area contributed by atoms with Crippen LogP contribution in [0.4, 0.5) is 0 Å². The number of amides is 2. The Morgan fingerprint density at radius 3 is 2.92 bits per heavy atom. The molecule has 25 heavy (non-hydrogen) atoms. The third kappa shape index (κ3) is 5.25. The van der Waals surface area contributed by atoms with E-state index in [1.54, 1.807) is 6.07 Å². The first-order valence-corrected chi connectivity index (χ1v) is 9.62. The predicted molar refractivity (Wildman–Crippen MR) is 91.7 cm³/mol. The lowest BCUT2D eigenvalue weighted by atomic mass is 10.2. The molecule has 2 rings (SSSR count).